The van der Waals surface area contributed by atoms with Gasteiger partial charge < -0.3 is 15.2 Å². The van der Waals surface area contributed by atoms with Crippen LogP contribution in [0, 0.1) is 0 Å². The van der Waals surface area contributed by atoms with Crippen molar-refractivity contribution in [1.29, 1.82) is 0 Å². The van der Waals surface area contributed by atoms with Crippen LogP contribution in [0.3, 0.4) is 0 Å². The van der Waals surface area contributed by atoms with Gasteiger partial charge in [-0.05, 0) is 45.7 Å². The van der Waals surface area contributed by atoms with E-state index in [4.69, 9.17) is 4.74 Å². The minimum atomic E-state index is -0.661. The zero-order chi connectivity index (χ0) is 21.2. The van der Waals surface area contributed by atoms with Crippen LogP contribution in [-0.2, 0) is 4.74 Å². The maximum atomic E-state index is 12.4. The first kappa shape index (κ1) is 24.5. The van der Waals surface area contributed by atoms with Crippen LogP contribution < -0.4 is 5.32 Å². The average molecular weight is 410 g/mol. The Hall–Kier alpha value is -1.53. The van der Waals surface area contributed by atoms with Crippen LogP contribution in [-0.4, -0.2) is 40.5 Å². The van der Waals surface area contributed by atoms with Crippen molar-refractivity contribution in [2.45, 2.75) is 82.8 Å². The van der Waals surface area contributed by atoms with Crippen LogP contribution in [0.1, 0.15) is 77.1 Å². The molecule has 1 rings (SSSR count). The van der Waals surface area contributed by atoms with E-state index in [1.54, 1.807) is 38.6 Å². The van der Waals surface area contributed by atoms with E-state index >= 15 is 0 Å². The Morgan fingerprint density at radius 1 is 1.14 bits per heavy atom. The van der Waals surface area contributed by atoms with Crippen molar-refractivity contribution < 1.29 is 19.4 Å². The lowest BCUT2D eigenvalue weighted by Gasteiger charge is -2.27. The lowest BCUT2D eigenvalue weighted by atomic mass is 9.95. The molecule has 2 N–H and O–H groups in total. The molecular weight excluding hydrogens is 374 g/mol. The molecule has 0 unspecified atom stereocenters. The number of hydrogen-bond donors (Lipinski definition) is 2. The number of rotatable bonds is 11. The summed E-state index contributed by atoms with van der Waals surface area (Å²) in [4.78, 5) is 25.0. The van der Waals surface area contributed by atoms with Crippen molar-refractivity contribution in [3.8, 4) is 0 Å². The molecule has 0 aliphatic rings. The molecule has 0 saturated carbocycles. The van der Waals surface area contributed by atoms with Crippen LogP contribution in [0.15, 0.2) is 29.2 Å². The molecule has 158 valence electrons. The molecule has 0 saturated heterocycles. The summed E-state index contributed by atoms with van der Waals surface area (Å²) in [6, 6.07) is 7.46. The Morgan fingerprint density at radius 3 is 2.36 bits per heavy atom. The average Bonchev–Trinajstić information content (AvgIpc) is 2.59. The van der Waals surface area contributed by atoms with Crippen molar-refractivity contribution in [1.82, 2.24) is 5.32 Å². The van der Waals surface area contributed by atoms with Gasteiger partial charge in [-0.1, -0.05) is 38.8 Å². The molecule has 5 nitrogen and oxygen atoms in total. The topological polar surface area (TPSA) is 75.6 Å². The zero-order valence-electron chi connectivity index (χ0n) is 17.8. The van der Waals surface area contributed by atoms with Crippen molar-refractivity contribution in [2.75, 3.05) is 12.3 Å². The highest BCUT2D eigenvalue weighted by Crippen LogP contribution is 2.29. The maximum Gasteiger partial charge on any atom is 0.407 e. The third-order valence-corrected chi connectivity index (χ3v) is 5.38. The molecule has 6 heteroatoms. The number of ketones is 1. The van der Waals surface area contributed by atoms with Crippen LogP contribution in [0.2, 0.25) is 0 Å². The highest BCUT2D eigenvalue weighted by atomic mass is 32.2. The number of aliphatic hydroxyl groups is 1. The van der Waals surface area contributed by atoms with E-state index in [2.05, 4.69) is 19.2 Å². The van der Waals surface area contributed by atoms with Gasteiger partial charge in [0.2, 0.25) is 0 Å². The summed E-state index contributed by atoms with van der Waals surface area (Å²) >= 11 is 1.58. The summed E-state index contributed by atoms with van der Waals surface area (Å²) in [5.41, 5.74) is -0.603. The van der Waals surface area contributed by atoms with Crippen molar-refractivity contribution in [3.63, 3.8) is 0 Å². The highest BCUT2D eigenvalue weighted by molar-refractivity contribution is 7.99. The molecule has 1 aromatic carbocycles. The lowest BCUT2D eigenvalue weighted by Crippen LogP contribution is -2.33. The molecule has 0 aliphatic carbocycles. The minimum absolute atomic E-state index is 0.0316. The molecule has 0 fully saturated rings. The molecule has 0 aliphatic heterocycles. The van der Waals surface area contributed by atoms with E-state index in [-0.39, 0.29) is 18.7 Å². The quantitative estimate of drug-likeness (QED) is 0.388. The van der Waals surface area contributed by atoms with Gasteiger partial charge in [0, 0.05) is 29.2 Å². The SMILES string of the molecule is CCCC(O)(CCC)CSc1cccc(C(=O)CCNC(=O)OC(C)(C)C)c1. The normalized spacial score (nSPS) is 11.9. The third-order valence-electron chi connectivity index (χ3n) is 4.11. The molecule has 0 atom stereocenters. The number of thioether (sulfide) groups is 1. The van der Waals surface area contributed by atoms with Crippen molar-refractivity contribution in [3.05, 3.63) is 29.8 Å². The van der Waals surface area contributed by atoms with E-state index in [0.717, 1.165) is 30.6 Å². The summed E-state index contributed by atoms with van der Waals surface area (Å²) in [6.45, 7) is 9.78. The van der Waals surface area contributed by atoms with Crippen LogP contribution in [0.25, 0.3) is 0 Å². The fraction of sp³-hybridized carbons (Fsp3) is 0.636. The Morgan fingerprint density at radius 2 is 1.79 bits per heavy atom. The summed E-state index contributed by atoms with van der Waals surface area (Å²) in [6.07, 6.45) is 3.14. The molecule has 0 spiro atoms. The number of Topliss-reactive ketones (excluding diaryl/α,β-unsaturated/α-hetero) is 1. The van der Waals surface area contributed by atoms with Gasteiger partial charge in [-0.25, -0.2) is 4.79 Å². The van der Waals surface area contributed by atoms with Gasteiger partial charge in [0.15, 0.2) is 5.78 Å². The number of hydrogen-bond acceptors (Lipinski definition) is 5. The van der Waals surface area contributed by atoms with Gasteiger partial charge in [0.25, 0.3) is 0 Å². The summed E-state index contributed by atoms with van der Waals surface area (Å²) < 4.78 is 5.16. The van der Waals surface area contributed by atoms with Crippen LogP contribution in [0.4, 0.5) is 4.79 Å². The number of amides is 1. The number of alkyl carbamates (subject to hydrolysis) is 1. The molecule has 28 heavy (non-hydrogen) atoms. The molecule has 1 aromatic rings. The first-order valence-corrected chi connectivity index (χ1v) is 11.0. The monoisotopic (exact) mass is 409 g/mol. The third kappa shape index (κ3) is 9.60. The summed E-state index contributed by atoms with van der Waals surface area (Å²) in [5, 5.41) is 13.4. The molecule has 0 aromatic heterocycles. The zero-order valence-corrected chi connectivity index (χ0v) is 18.7. The molecule has 0 radical (unpaired) electrons. The number of benzene rings is 1. The Labute approximate surface area is 173 Å². The maximum absolute atomic E-state index is 12.4. The van der Waals surface area contributed by atoms with E-state index in [1.807, 2.05) is 18.2 Å². The van der Waals surface area contributed by atoms with E-state index in [1.165, 1.54) is 0 Å². The second-order valence-corrected chi connectivity index (χ2v) is 9.19. The number of carbonyl (C=O) groups is 2. The molecule has 0 bridgehead atoms. The van der Waals surface area contributed by atoms with Gasteiger partial charge in [0.05, 0.1) is 5.60 Å². The number of carbonyl (C=O) groups excluding carboxylic acids is 2. The van der Waals surface area contributed by atoms with Gasteiger partial charge in [-0.15, -0.1) is 11.8 Å². The second kappa shape index (κ2) is 11.5. The standard InChI is InChI=1S/C22H35NO4S/c1-6-12-22(26,13-7-2)16-28-18-10-8-9-17(15-18)19(24)11-14-23-20(25)27-21(3,4)5/h8-10,15,26H,6-7,11-14,16H2,1-5H3,(H,23,25). The Kier molecular flexibility index (Phi) is 10.0. The van der Waals surface area contributed by atoms with E-state index in [0.29, 0.717) is 11.3 Å². The second-order valence-electron chi connectivity index (χ2n) is 8.14. The fourth-order valence-electron chi connectivity index (χ4n) is 2.91. The smallest absolute Gasteiger partial charge is 0.407 e. The minimum Gasteiger partial charge on any atom is -0.444 e. The summed E-state index contributed by atoms with van der Waals surface area (Å²) in [5.74, 6) is 0.586. The van der Waals surface area contributed by atoms with Crippen molar-refractivity contribution >= 4 is 23.6 Å². The first-order valence-electron chi connectivity index (χ1n) is 10.0. The van der Waals surface area contributed by atoms with E-state index in [9.17, 15) is 14.7 Å². The number of ether oxygens (including phenoxy) is 1. The van der Waals surface area contributed by atoms with Crippen LogP contribution >= 0.6 is 11.8 Å². The Balaban J connectivity index is 2.57. The Bertz CT molecular complexity index is 634. The van der Waals surface area contributed by atoms with Crippen molar-refractivity contribution in [2.24, 2.45) is 0 Å². The van der Waals surface area contributed by atoms with Crippen LogP contribution in [0.5, 0.6) is 0 Å². The van der Waals surface area contributed by atoms with Gasteiger partial charge in [0.1, 0.15) is 5.60 Å². The van der Waals surface area contributed by atoms with Gasteiger partial charge >= 0.3 is 6.09 Å². The van der Waals surface area contributed by atoms with Gasteiger partial charge in [-0.2, -0.15) is 0 Å². The lowest BCUT2D eigenvalue weighted by molar-refractivity contribution is 0.0454. The predicted octanol–water partition coefficient (Wildman–Crippen LogP) is 5.21. The van der Waals surface area contributed by atoms with Gasteiger partial charge in [-0.3, -0.25) is 4.79 Å². The van der Waals surface area contributed by atoms with E-state index < -0.39 is 17.3 Å². The molecule has 0 heterocycles. The fourth-order valence-corrected chi connectivity index (χ4v) is 4.02. The largest absolute Gasteiger partial charge is 0.444 e. The molecule has 1 amide bonds. The summed E-state index contributed by atoms with van der Waals surface area (Å²) in [7, 11) is 0. The highest BCUT2D eigenvalue weighted by Gasteiger charge is 2.25. The first-order chi connectivity index (χ1) is 13.1. The predicted molar refractivity (Wildman–Crippen MR) is 115 cm³/mol. The number of nitrogens with one attached hydrogen (secondary N) is 1. The molecular formula is C22H35NO4S.